The van der Waals surface area contributed by atoms with Crippen LogP contribution in [0.15, 0.2) is 48.5 Å². The second-order valence-corrected chi connectivity index (χ2v) is 5.59. The smallest absolute Gasteiger partial charge is 0.376 e. The van der Waals surface area contributed by atoms with Crippen molar-refractivity contribution in [2.75, 3.05) is 18.4 Å². The number of carbonyl (C=O) groups is 1. The van der Waals surface area contributed by atoms with E-state index in [9.17, 15) is 18.0 Å². The lowest BCUT2D eigenvalue weighted by atomic mass is 10.1. The van der Waals surface area contributed by atoms with Crippen molar-refractivity contribution in [3.63, 3.8) is 0 Å². The Morgan fingerprint density at radius 1 is 1.08 bits per heavy atom. The molecule has 7 heteroatoms. The van der Waals surface area contributed by atoms with Gasteiger partial charge in [0.1, 0.15) is 0 Å². The van der Waals surface area contributed by atoms with Gasteiger partial charge in [-0.2, -0.15) is 13.2 Å². The summed E-state index contributed by atoms with van der Waals surface area (Å²) in [6, 6.07) is 11.9. The van der Waals surface area contributed by atoms with Gasteiger partial charge in [0.25, 0.3) is 0 Å². The molecule has 0 bridgehead atoms. The van der Waals surface area contributed by atoms with Crippen molar-refractivity contribution in [1.82, 2.24) is 5.32 Å². The largest absolute Gasteiger partial charge is 0.416 e. The SMILES string of the molecule is O=C(CNc1ccc(C(F)(F)F)cc1)NCCc1cccc(Cl)c1. The number of hydrogen-bond acceptors (Lipinski definition) is 2. The van der Waals surface area contributed by atoms with Gasteiger partial charge < -0.3 is 10.6 Å². The Balaban J connectivity index is 1.73. The maximum Gasteiger partial charge on any atom is 0.416 e. The fourth-order valence-electron chi connectivity index (χ4n) is 2.06. The van der Waals surface area contributed by atoms with Crippen LogP contribution in [0.2, 0.25) is 5.02 Å². The first-order valence-corrected chi connectivity index (χ1v) is 7.64. The molecular weight excluding hydrogens is 341 g/mol. The number of hydrogen-bond donors (Lipinski definition) is 2. The highest BCUT2D eigenvalue weighted by molar-refractivity contribution is 6.30. The van der Waals surface area contributed by atoms with Gasteiger partial charge in [0.2, 0.25) is 5.91 Å². The van der Waals surface area contributed by atoms with E-state index in [4.69, 9.17) is 11.6 Å². The van der Waals surface area contributed by atoms with Crippen LogP contribution in [0, 0.1) is 0 Å². The highest BCUT2D eigenvalue weighted by atomic mass is 35.5. The zero-order chi connectivity index (χ0) is 17.6. The van der Waals surface area contributed by atoms with Crippen LogP contribution in [-0.4, -0.2) is 19.0 Å². The minimum atomic E-state index is -4.36. The van der Waals surface area contributed by atoms with E-state index >= 15 is 0 Å². The molecule has 0 spiro atoms. The van der Waals surface area contributed by atoms with Crippen molar-refractivity contribution < 1.29 is 18.0 Å². The van der Waals surface area contributed by atoms with Gasteiger partial charge in [-0.15, -0.1) is 0 Å². The first-order valence-electron chi connectivity index (χ1n) is 7.27. The van der Waals surface area contributed by atoms with Crippen LogP contribution in [0.4, 0.5) is 18.9 Å². The van der Waals surface area contributed by atoms with Crippen LogP contribution in [0.1, 0.15) is 11.1 Å². The lowest BCUT2D eigenvalue weighted by Gasteiger charge is -2.10. The third-order valence-corrected chi connectivity index (χ3v) is 3.53. The zero-order valence-electron chi connectivity index (χ0n) is 12.7. The number of anilines is 1. The molecule has 0 aliphatic rings. The van der Waals surface area contributed by atoms with E-state index in [1.54, 1.807) is 6.07 Å². The summed E-state index contributed by atoms with van der Waals surface area (Å²) >= 11 is 5.88. The predicted octanol–water partition coefficient (Wildman–Crippen LogP) is 4.13. The molecule has 24 heavy (non-hydrogen) atoms. The van der Waals surface area contributed by atoms with E-state index in [0.29, 0.717) is 23.7 Å². The van der Waals surface area contributed by atoms with E-state index in [0.717, 1.165) is 17.7 Å². The van der Waals surface area contributed by atoms with Crippen LogP contribution in [0.5, 0.6) is 0 Å². The Labute approximate surface area is 142 Å². The minimum absolute atomic E-state index is 0.0130. The van der Waals surface area contributed by atoms with Crippen molar-refractivity contribution in [3.8, 4) is 0 Å². The molecule has 0 heterocycles. The number of halogens is 4. The standard InChI is InChI=1S/C17H16ClF3N2O/c18-14-3-1-2-12(10-14)8-9-22-16(24)11-23-15-6-4-13(5-7-15)17(19,20)21/h1-7,10,23H,8-9,11H2,(H,22,24). The molecule has 2 rings (SSSR count). The molecule has 0 atom stereocenters. The zero-order valence-corrected chi connectivity index (χ0v) is 13.4. The van der Waals surface area contributed by atoms with Crippen LogP contribution in [-0.2, 0) is 17.4 Å². The fraction of sp³-hybridized carbons (Fsp3) is 0.235. The number of rotatable bonds is 6. The second-order valence-electron chi connectivity index (χ2n) is 5.16. The average Bonchev–Trinajstić information content (AvgIpc) is 2.52. The molecule has 0 aromatic heterocycles. The quantitative estimate of drug-likeness (QED) is 0.817. The summed E-state index contributed by atoms with van der Waals surface area (Å²) < 4.78 is 37.3. The third-order valence-electron chi connectivity index (χ3n) is 3.29. The summed E-state index contributed by atoms with van der Waals surface area (Å²) in [6.45, 7) is 0.439. The van der Waals surface area contributed by atoms with E-state index in [-0.39, 0.29) is 12.5 Å². The van der Waals surface area contributed by atoms with Crippen molar-refractivity contribution in [2.24, 2.45) is 0 Å². The summed E-state index contributed by atoms with van der Waals surface area (Å²) in [4.78, 5) is 11.7. The molecule has 2 N–H and O–H groups in total. The van der Waals surface area contributed by atoms with Gasteiger partial charge in [-0.25, -0.2) is 0 Å². The van der Waals surface area contributed by atoms with Gasteiger partial charge in [-0.05, 0) is 48.4 Å². The molecule has 128 valence electrons. The summed E-state index contributed by atoms with van der Waals surface area (Å²) in [5.74, 6) is -0.239. The van der Waals surface area contributed by atoms with Crippen molar-refractivity contribution in [1.29, 1.82) is 0 Å². The summed E-state index contributed by atoms with van der Waals surface area (Å²) in [5.41, 5.74) is 0.741. The average molecular weight is 357 g/mol. The lowest BCUT2D eigenvalue weighted by molar-refractivity contribution is -0.137. The van der Waals surface area contributed by atoms with E-state index in [2.05, 4.69) is 10.6 Å². The highest BCUT2D eigenvalue weighted by Crippen LogP contribution is 2.29. The molecule has 0 unspecified atom stereocenters. The third kappa shape index (κ3) is 5.77. The van der Waals surface area contributed by atoms with Gasteiger partial charge in [0, 0.05) is 17.3 Å². The Morgan fingerprint density at radius 2 is 1.79 bits per heavy atom. The van der Waals surface area contributed by atoms with Gasteiger partial charge in [-0.3, -0.25) is 4.79 Å². The van der Waals surface area contributed by atoms with Gasteiger partial charge in [0.15, 0.2) is 0 Å². The molecular formula is C17H16ClF3N2O. The summed E-state index contributed by atoms with van der Waals surface area (Å²) in [5, 5.41) is 6.15. The van der Waals surface area contributed by atoms with Crippen LogP contribution < -0.4 is 10.6 Å². The van der Waals surface area contributed by atoms with Gasteiger partial charge in [-0.1, -0.05) is 23.7 Å². The first kappa shape index (κ1) is 18.1. The molecule has 0 saturated heterocycles. The number of benzene rings is 2. The van der Waals surface area contributed by atoms with Gasteiger partial charge >= 0.3 is 6.18 Å². The van der Waals surface area contributed by atoms with E-state index in [1.807, 2.05) is 18.2 Å². The molecule has 2 aromatic rings. The topological polar surface area (TPSA) is 41.1 Å². The maximum absolute atomic E-state index is 12.4. The first-order chi connectivity index (χ1) is 11.3. The normalized spacial score (nSPS) is 11.2. The Bertz CT molecular complexity index is 687. The molecule has 2 aromatic carbocycles. The number of alkyl halides is 3. The minimum Gasteiger partial charge on any atom is -0.376 e. The monoisotopic (exact) mass is 356 g/mol. The maximum atomic E-state index is 12.4. The van der Waals surface area contributed by atoms with Crippen molar-refractivity contribution in [3.05, 3.63) is 64.7 Å². The lowest BCUT2D eigenvalue weighted by Crippen LogP contribution is -2.31. The van der Waals surface area contributed by atoms with Crippen molar-refractivity contribution >= 4 is 23.2 Å². The van der Waals surface area contributed by atoms with E-state index < -0.39 is 11.7 Å². The molecule has 1 amide bonds. The fourth-order valence-corrected chi connectivity index (χ4v) is 2.27. The second kappa shape index (κ2) is 8.06. The molecule has 0 aliphatic heterocycles. The number of amides is 1. The highest BCUT2D eigenvalue weighted by Gasteiger charge is 2.29. The van der Waals surface area contributed by atoms with E-state index in [1.165, 1.54) is 12.1 Å². The van der Waals surface area contributed by atoms with Crippen LogP contribution in [0.25, 0.3) is 0 Å². The Morgan fingerprint density at radius 3 is 2.42 bits per heavy atom. The molecule has 3 nitrogen and oxygen atoms in total. The van der Waals surface area contributed by atoms with Crippen LogP contribution >= 0.6 is 11.6 Å². The predicted molar refractivity (Wildman–Crippen MR) is 88.1 cm³/mol. The Hall–Kier alpha value is -2.21. The van der Waals surface area contributed by atoms with Crippen LogP contribution in [0.3, 0.4) is 0 Å². The molecule has 0 radical (unpaired) electrons. The summed E-state index contributed by atoms with van der Waals surface area (Å²) in [7, 11) is 0. The summed E-state index contributed by atoms with van der Waals surface area (Å²) in [6.07, 6.45) is -3.72. The number of nitrogens with one attached hydrogen (secondary N) is 2. The molecule has 0 aliphatic carbocycles. The van der Waals surface area contributed by atoms with Crippen molar-refractivity contribution in [2.45, 2.75) is 12.6 Å². The Kier molecular flexibility index (Phi) is 6.09. The number of carbonyl (C=O) groups excluding carboxylic acids is 1. The van der Waals surface area contributed by atoms with Gasteiger partial charge in [0.05, 0.1) is 12.1 Å². The molecule has 0 fully saturated rings. The molecule has 0 saturated carbocycles.